The van der Waals surface area contributed by atoms with Gasteiger partial charge in [0, 0.05) is 0 Å². The predicted molar refractivity (Wildman–Crippen MR) is 33.7 cm³/mol. The van der Waals surface area contributed by atoms with E-state index in [1.165, 1.54) is 0 Å². The van der Waals surface area contributed by atoms with E-state index in [0.29, 0.717) is 0 Å². The molecule has 0 saturated carbocycles. The summed E-state index contributed by atoms with van der Waals surface area (Å²) in [5.41, 5.74) is 0. The van der Waals surface area contributed by atoms with Crippen molar-refractivity contribution in [1.29, 1.82) is 0 Å². The lowest BCUT2D eigenvalue weighted by Gasteiger charge is -1.99. The summed E-state index contributed by atoms with van der Waals surface area (Å²) in [6.45, 7) is 0. The molecule has 5 nitrogen and oxygen atoms in total. The van der Waals surface area contributed by atoms with Crippen molar-refractivity contribution >= 4 is 24.6 Å². The molecule has 0 fully saturated rings. The summed E-state index contributed by atoms with van der Waals surface area (Å²) in [6.07, 6.45) is -0.449. The van der Waals surface area contributed by atoms with Crippen LogP contribution in [0.15, 0.2) is 0 Å². The number of hydrogen-bond acceptors (Lipinski definition) is 5. The van der Waals surface area contributed by atoms with Gasteiger partial charge in [0.15, 0.2) is 0 Å². The van der Waals surface area contributed by atoms with Crippen molar-refractivity contribution in [3.8, 4) is 0 Å². The van der Waals surface area contributed by atoms with E-state index in [0.717, 1.165) is 0 Å². The topological polar surface area (TPSA) is 83.8 Å². The molecule has 0 bridgehead atoms. The first kappa shape index (κ1) is 9.25. The van der Waals surface area contributed by atoms with Gasteiger partial charge in [-0.2, -0.15) is 17.9 Å². The fourth-order valence-electron chi connectivity index (χ4n) is 0.282. The number of thiol groups is 1. The second-order valence-electron chi connectivity index (χ2n) is 1.52. The van der Waals surface area contributed by atoms with Crippen molar-refractivity contribution in [2.75, 3.05) is 0 Å². The van der Waals surface area contributed by atoms with Crippen LogP contribution in [0.2, 0.25) is 0 Å². The molecule has 1 atom stereocenters. The second-order valence-corrected chi connectivity index (χ2v) is 2.14. The van der Waals surface area contributed by atoms with E-state index in [9.17, 15) is 9.59 Å². The molecule has 2 N–H and O–H groups in total. The molecule has 0 rings (SSSR count). The van der Waals surface area contributed by atoms with E-state index in [1.54, 1.807) is 0 Å². The van der Waals surface area contributed by atoms with Crippen LogP contribution in [0.5, 0.6) is 0 Å². The SMILES string of the molecule is O=C(CC(S)C(=O)O)OO. The molecule has 0 aliphatic rings. The summed E-state index contributed by atoms with van der Waals surface area (Å²) in [5.74, 6) is -2.24. The van der Waals surface area contributed by atoms with E-state index in [-0.39, 0.29) is 0 Å². The van der Waals surface area contributed by atoms with Crippen molar-refractivity contribution in [2.45, 2.75) is 11.7 Å². The molecule has 0 saturated heterocycles. The van der Waals surface area contributed by atoms with Gasteiger partial charge in [-0.15, -0.1) is 0 Å². The zero-order chi connectivity index (χ0) is 8.15. The van der Waals surface area contributed by atoms with Gasteiger partial charge in [0.1, 0.15) is 5.25 Å². The number of carboxylic acids is 1. The highest BCUT2D eigenvalue weighted by Gasteiger charge is 2.17. The average molecular weight is 166 g/mol. The molecule has 6 heteroatoms. The molecule has 1 unspecified atom stereocenters. The third-order valence-corrected chi connectivity index (χ3v) is 1.15. The van der Waals surface area contributed by atoms with Crippen molar-refractivity contribution in [3.63, 3.8) is 0 Å². The molecular weight excluding hydrogens is 160 g/mol. The highest BCUT2D eigenvalue weighted by molar-refractivity contribution is 7.81. The van der Waals surface area contributed by atoms with Gasteiger partial charge in [0.25, 0.3) is 0 Å². The smallest absolute Gasteiger partial charge is 0.343 e. The first-order valence-electron chi connectivity index (χ1n) is 2.33. The van der Waals surface area contributed by atoms with Crippen LogP contribution < -0.4 is 0 Å². The van der Waals surface area contributed by atoms with Crippen LogP contribution in [0.1, 0.15) is 6.42 Å². The minimum Gasteiger partial charge on any atom is -0.480 e. The molecule has 0 heterocycles. The van der Waals surface area contributed by atoms with Gasteiger partial charge in [-0.1, -0.05) is 0 Å². The minimum atomic E-state index is -1.23. The number of carbonyl (C=O) groups is 2. The van der Waals surface area contributed by atoms with Crippen LogP contribution >= 0.6 is 12.6 Å². The van der Waals surface area contributed by atoms with Gasteiger partial charge in [-0.05, 0) is 0 Å². The number of hydrogen-bond donors (Lipinski definition) is 3. The number of carboxylic acid groups (broad SMARTS) is 1. The van der Waals surface area contributed by atoms with E-state index >= 15 is 0 Å². The molecule has 0 amide bonds. The van der Waals surface area contributed by atoms with Crippen LogP contribution in [0, 0.1) is 0 Å². The lowest BCUT2D eigenvalue weighted by atomic mass is 10.3. The minimum absolute atomic E-state index is 0.449. The van der Waals surface area contributed by atoms with Gasteiger partial charge in [0.2, 0.25) is 0 Å². The van der Waals surface area contributed by atoms with E-state index in [1.807, 2.05) is 0 Å². The summed E-state index contributed by atoms with van der Waals surface area (Å²) in [6, 6.07) is 0. The third kappa shape index (κ3) is 3.31. The largest absolute Gasteiger partial charge is 0.480 e. The molecule has 10 heavy (non-hydrogen) atoms. The van der Waals surface area contributed by atoms with Gasteiger partial charge in [0.05, 0.1) is 6.42 Å². The average Bonchev–Trinajstić information content (AvgIpc) is 1.87. The second kappa shape index (κ2) is 4.13. The molecular formula is C4H6O5S. The lowest BCUT2D eigenvalue weighted by molar-refractivity contribution is -0.234. The Labute approximate surface area is 61.9 Å². The Morgan fingerprint density at radius 3 is 2.40 bits per heavy atom. The zero-order valence-corrected chi connectivity index (χ0v) is 5.75. The van der Waals surface area contributed by atoms with E-state index in [2.05, 4.69) is 17.5 Å². The highest BCUT2D eigenvalue weighted by Crippen LogP contribution is 2.01. The van der Waals surface area contributed by atoms with Crippen molar-refractivity contribution < 1.29 is 24.8 Å². The van der Waals surface area contributed by atoms with Crippen LogP contribution in [-0.4, -0.2) is 27.6 Å². The Morgan fingerprint density at radius 1 is 1.60 bits per heavy atom. The van der Waals surface area contributed by atoms with Crippen LogP contribution in [-0.2, 0) is 14.5 Å². The fourth-order valence-corrected chi connectivity index (χ4v) is 0.432. The molecule has 0 aromatic carbocycles. The maximum Gasteiger partial charge on any atom is 0.343 e. The normalized spacial score (nSPS) is 12.2. The standard InChI is InChI=1S/C4H6O5S/c5-3(9-8)1-2(10)4(6)7/h2,8,10H,1H2,(H,6,7). The Hall–Kier alpha value is -0.750. The molecule has 0 radical (unpaired) electrons. The molecule has 0 aliphatic heterocycles. The van der Waals surface area contributed by atoms with Gasteiger partial charge >= 0.3 is 11.9 Å². The summed E-state index contributed by atoms with van der Waals surface area (Å²) >= 11 is 3.51. The van der Waals surface area contributed by atoms with Gasteiger partial charge in [-0.3, -0.25) is 4.79 Å². The van der Waals surface area contributed by atoms with Gasteiger partial charge < -0.3 is 9.99 Å². The Balaban J connectivity index is 3.68. The first-order valence-corrected chi connectivity index (χ1v) is 2.84. The maximum absolute atomic E-state index is 10.1. The summed E-state index contributed by atoms with van der Waals surface area (Å²) < 4.78 is 0. The Bertz CT molecular complexity index is 145. The quantitative estimate of drug-likeness (QED) is 0.306. The van der Waals surface area contributed by atoms with Crippen LogP contribution in [0.4, 0.5) is 0 Å². The highest BCUT2D eigenvalue weighted by atomic mass is 32.1. The van der Waals surface area contributed by atoms with Gasteiger partial charge in [-0.25, -0.2) is 4.79 Å². The van der Waals surface area contributed by atoms with Crippen molar-refractivity contribution in [2.24, 2.45) is 0 Å². The van der Waals surface area contributed by atoms with E-state index < -0.39 is 23.6 Å². The molecule has 0 aromatic rings. The molecule has 0 aliphatic carbocycles. The predicted octanol–water partition coefficient (Wildman–Crippen LogP) is -0.224. The van der Waals surface area contributed by atoms with Crippen LogP contribution in [0.25, 0.3) is 0 Å². The molecule has 0 aromatic heterocycles. The molecule has 58 valence electrons. The van der Waals surface area contributed by atoms with E-state index in [4.69, 9.17) is 10.4 Å². The summed E-state index contributed by atoms with van der Waals surface area (Å²) in [7, 11) is 0. The zero-order valence-electron chi connectivity index (χ0n) is 4.85. The number of carbonyl (C=O) groups excluding carboxylic acids is 1. The number of aliphatic carboxylic acids is 1. The first-order chi connectivity index (χ1) is 4.57. The summed E-state index contributed by atoms with van der Waals surface area (Å²) in [5, 5.41) is 14.7. The Morgan fingerprint density at radius 2 is 2.10 bits per heavy atom. The third-order valence-electron chi connectivity index (χ3n) is 0.747. The summed E-state index contributed by atoms with van der Waals surface area (Å²) in [4.78, 5) is 23.3. The van der Waals surface area contributed by atoms with Crippen molar-refractivity contribution in [1.82, 2.24) is 0 Å². The fraction of sp³-hybridized carbons (Fsp3) is 0.500. The van der Waals surface area contributed by atoms with Crippen LogP contribution in [0.3, 0.4) is 0 Å². The molecule has 0 spiro atoms. The number of rotatable bonds is 3. The van der Waals surface area contributed by atoms with Crippen molar-refractivity contribution in [3.05, 3.63) is 0 Å². The lowest BCUT2D eigenvalue weighted by Crippen LogP contribution is -2.18. The monoisotopic (exact) mass is 166 g/mol. The Kier molecular flexibility index (Phi) is 3.82. The maximum atomic E-state index is 10.1.